The van der Waals surface area contributed by atoms with Crippen LogP contribution in [0.15, 0.2) is 0 Å². The van der Waals surface area contributed by atoms with Gasteiger partial charge < -0.3 is 33.8 Å². The molecule has 0 saturated carbocycles. The fourth-order valence-corrected chi connectivity index (χ4v) is 13.8. The van der Waals surface area contributed by atoms with Gasteiger partial charge in [0.15, 0.2) is 12.2 Å². The Morgan fingerprint density at radius 2 is 0.424 bits per heavy atom. The van der Waals surface area contributed by atoms with Crippen molar-refractivity contribution in [2.45, 2.75) is 427 Å². The summed E-state index contributed by atoms with van der Waals surface area (Å²) in [7, 11) is -9.92. The minimum absolute atomic E-state index is 0.105. The van der Waals surface area contributed by atoms with Crippen LogP contribution in [-0.4, -0.2) is 96.7 Å². The molecule has 0 aromatic rings. The number of rotatable bonds is 77. The zero-order valence-corrected chi connectivity index (χ0v) is 66.9. The second kappa shape index (κ2) is 69.1. The summed E-state index contributed by atoms with van der Waals surface area (Å²) >= 11 is 0. The lowest BCUT2D eigenvalue weighted by Crippen LogP contribution is -2.30. The van der Waals surface area contributed by atoms with E-state index < -0.39 is 97.5 Å². The maximum atomic E-state index is 13.1. The number of phosphoric acid groups is 2. The molecular formula is C80H156O17P2. The van der Waals surface area contributed by atoms with Gasteiger partial charge in [0.2, 0.25) is 0 Å². The van der Waals surface area contributed by atoms with Crippen LogP contribution in [0.2, 0.25) is 0 Å². The van der Waals surface area contributed by atoms with Gasteiger partial charge >= 0.3 is 39.5 Å². The molecule has 0 amide bonds. The number of esters is 4. The number of carbonyl (C=O) groups excluding carboxylic acids is 4. The predicted molar refractivity (Wildman–Crippen MR) is 404 cm³/mol. The third-order valence-electron chi connectivity index (χ3n) is 18.6. The van der Waals surface area contributed by atoms with E-state index in [0.717, 1.165) is 114 Å². The second-order valence-corrected chi connectivity index (χ2v) is 33.6. The SMILES string of the molecule is CC(C)CCCCCCCCCCCCCCCCCC(=O)O[C@H](COC(=O)CCCCCCCCCCCCCCC(C)C)COP(=O)(O)OC[C@@H](O)COP(=O)(O)OC[C@@H](COC(=O)CCCCCCCCCCCCC(C)C)OC(=O)CCCCCCCCCCCCC(C)C. The van der Waals surface area contributed by atoms with Crippen LogP contribution in [-0.2, 0) is 65.4 Å². The molecule has 0 spiro atoms. The molecule has 0 bridgehead atoms. The molecule has 5 atom stereocenters. The van der Waals surface area contributed by atoms with E-state index in [1.165, 1.54) is 212 Å². The summed E-state index contributed by atoms with van der Waals surface area (Å²) in [4.78, 5) is 73.0. The zero-order chi connectivity index (χ0) is 73.1. The van der Waals surface area contributed by atoms with E-state index in [1.807, 2.05) is 0 Å². The van der Waals surface area contributed by atoms with E-state index in [0.29, 0.717) is 25.7 Å². The van der Waals surface area contributed by atoms with Crippen LogP contribution < -0.4 is 0 Å². The van der Waals surface area contributed by atoms with Gasteiger partial charge in [0.1, 0.15) is 19.3 Å². The fraction of sp³-hybridized carbons (Fsp3) is 0.950. The Kier molecular flexibility index (Phi) is 67.8. The quantitative estimate of drug-likeness (QED) is 0.0222. The second-order valence-electron chi connectivity index (χ2n) is 30.7. The average Bonchev–Trinajstić information content (AvgIpc) is 0.941. The largest absolute Gasteiger partial charge is 0.472 e. The zero-order valence-electron chi connectivity index (χ0n) is 65.1. The van der Waals surface area contributed by atoms with Gasteiger partial charge in [-0.3, -0.25) is 37.3 Å². The molecule has 0 aromatic carbocycles. The average molecular weight is 1450 g/mol. The number of phosphoric ester groups is 2. The van der Waals surface area contributed by atoms with Crippen LogP contribution in [0.3, 0.4) is 0 Å². The highest BCUT2D eigenvalue weighted by Gasteiger charge is 2.30. The summed E-state index contributed by atoms with van der Waals surface area (Å²) in [6.07, 6.45) is 55.4. The van der Waals surface area contributed by atoms with E-state index in [-0.39, 0.29) is 25.7 Å². The Morgan fingerprint density at radius 1 is 0.253 bits per heavy atom. The molecule has 0 aliphatic carbocycles. The summed E-state index contributed by atoms with van der Waals surface area (Å²) in [5, 5.41) is 10.6. The van der Waals surface area contributed by atoms with Crippen LogP contribution >= 0.6 is 15.6 Å². The van der Waals surface area contributed by atoms with Crippen LogP contribution in [0, 0.1) is 23.7 Å². The van der Waals surface area contributed by atoms with Crippen LogP contribution in [0.1, 0.15) is 409 Å². The van der Waals surface area contributed by atoms with Crippen molar-refractivity contribution >= 4 is 39.5 Å². The van der Waals surface area contributed by atoms with Gasteiger partial charge in [0, 0.05) is 25.7 Å². The van der Waals surface area contributed by atoms with Gasteiger partial charge in [0.05, 0.1) is 26.4 Å². The van der Waals surface area contributed by atoms with Gasteiger partial charge in [-0.2, -0.15) is 0 Å². The Morgan fingerprint density at radius 3 is 0.626 bits per heavy atom. The first kappa shape index (κ1) is 97.1. The minimum Gasteiger partial charge on any atom is -0.462 e. The van der Waals surface area contributed by atoms with E-state index in [9.17, 15) is 43.2 Å². The highest BCUT2D eigenvalue weighted by molar-refractivity contribution is 7.47. The number of hydrogen-bond donors (Lipinski definition) is 3. The third kappa shape index (κ3) is 74.1. The summed E-state index contributed by atoms with van der Waals surface area (Å²) in [6.45, 7) is 14.3. The highest BCUT2D eigenvalue weighted by atomic mass is 31.2. The molecule has 99 heavy (non-hydrogen) atoms. The topological polar surface area (TPSA) is 237 Å². The Balaban J connectivity index is 5.27. The highest BCUT2D eigenvalue weighted by Crippen LogP contribution is 2.45. The smallest absolute Gasteiger partial charge is 0.462 e. The number of aliphatic hydroxyl groups is 1. The molecule has 2 unspecified atom stereocenters. The lowest BCUT2D eigenvalue weighted by atomic mass is 10.0. The van der Waals surface area contributed by atoms with Crippen molar-refractivity contribution in [3.63, 3.8) is 0 Å². The lowest BCUT2D eigenvalue weighted by Gasteiger charge is -2.21. The lowest BCUT2D eigenvalue weighted by molar-refractivity contribution is -0.161. The molecule has 0 radical (unpaired) electrons. The minimum atomic E-state index is -4.96. The van der Waals surface area contributed by atoms with Crippen molar-refractivity contribution in [1.82, 2.24) is 0 Å². The normalized spacial score (nSPS) is 14.1. The van der Waals surface area contributed by atoms with Crippen molar-refractivity contribution in [3.8, 4) is 0 Å². The molecular weight excluding hydrogens is 1290 g/mol. The number of hydrogen-bond acceptors (Lipinski definition) is 15. The molecule has 588 valence electrons. The fourth-order valence-electron chi connectivity index (χ4n) is 12.3. The molecule has 0 aliphatic rings. The standard InChI is InChI=1S/C80H156O17P2/c1-70(2)56-48-40-32-24-16-12-10-9-11-13-19-30-38-46-54-62-79(84)96-75(66-90-77(82)60-52-44-36-28-18-15-14-17-25-33-41-49-57-71(3)4)68-94-98(86,87)92-64-74(81)65-93-99(88,89)95-69-76(97-80(85)63-55-47-39-31-23-21-27-35-43-51-59-73(7)8)67-91-78(83)61-53-45-37-29-22-20-26-34-42-50-58-72(5)6/h70-76,81H,9-69H2,1-8H3,(H,86,87)(H,88,89)/t74-,75-,76-/m1/s1. The molecule has 0 fully saturated rings. The molecule has 19 heteroatoms. The Bertz CT molecular complexity index is 1940. The molecule has 0 heterocycles. The van der Waals surface area contributed by atoms with Crippen molar-refractivity contribution < 1.29 is 80.2 Å². The first-order valence-electron chi connectivity index (χ1n) is 41.2. The Hall–Kier alpha value is -1.94. The molecule has 17 nitrogen and oxygen atoms in total. The first-order valence-corrected chi connectivity index (χ1v) is 44.2. The number of carbonyl (C=O) groups is 4. The van der Waals surface area contributed by atoms with Crippen LogP contribution in [0.5, 0.6) is 0 Å². The van der Waals surface area contributed by atoms with E-state index in [1.54, 1.807) is 0 Å². The maximum Gasteiger partial charge on any atom is 0.472 e. The van der Waals surface area contributed by atoms with Crippen LogP contribution in [0.4, 0.5) is 0 Å². The summed E-state index contributed by atoms with van der Waals surface area (Å²) < 4.78 is 68.7. The summed E-state index contributed by atoms with van der Waals surface area (Å²) in [6, 6.07) is 0. The number of unbranched alkanes of at least 4 members (excludes halogenated alkanes) is 43. The number of ether oxygens (including phenoxy) is 4. The molecule has 0 saturated heterocycles. The molecule has 0 aliphatic heterocycles. The maximum absolute atomic E-state index is 13.1. The Labute approximate surface area is 607 Å². The summed E-state index contributed by atoms with van der Waals surface area (Å²) in [5.74, 6) is 0.981. The van der Waals surface area contributed by atoms with E-state index in [4.69, 9.17) is 37.0 Å². The van der Waals surface area contributed by atoms with Crippen molar-refractivity contribution in [3.05, 3.63) is 0 Å². The summed E-state index contributed by atoms with van der Waals surface area (Å²) in [5.41, 5.74) is 0. The van der Waals surface area contributed by atoms with Crippen molar-refractivity contribution in [2.24, 2.45) is 23.7 Å². The number of aliphatic hydroxyl groups excluding tert-OH is 1. The first-order chi connectivity index (χ1) is 47.6. The van der Waals surface area contributed by atoms with Gasteiger partial charge in [-0.15, -0.1) is 0 Å². The van der Waals surface area contributed by atoms with E-state index in [2.05, 4.69) is 55.4 Å². The van der Waals surface area contributed by atoms with Gasteiger partial charge in [-0.1, -0.05) is 357 Å². The van der Waals surface area contributed by atoms with Crippen molar-refractivity contribution in [2.75, 3.05) is 39.6 Å². The van der Waals surface area contributed by atoms with Gasteiger partial charge in [0.25, 0.3) is 0 Å². The monoisotopic (exact) mass is 1450 g/mol. The van der Waals surface area contributed by atoms with Gasteiger partial charge in [-0.05, 0) is 49.4 Å². The molecule has 0 aromatic heterocycles. The van der Waals surface area contributed by atoms with E-state index >= 15 is 0 Å². The molecule has 3 N–H and O–H groups in total. The molecule has 0 rings (SSSR count). The van der Waals surface area contributed by atoms with Crippen molar-refractivity contribution in [1.29, 1.82) is 0 Å². The van der Waals surface area contributed by atoms with Gasteiger partial charge in [-0.25, -0.2) is 9.13 Å². The third-order valence-corrected chi connectivity index (χ3v) is 20.5. The predicted octanol–water partition coefficient (Wildman–Crippen LogP) is 23.6. The van der Waals surface area contributed by atoms with Crippen LogP contribution in [0.25, 0.3) is 0 Å².